The third-order valence-electron chi connectivity index (χ3n) is 3.45. The number of amides is 1. The number of hydrogen-bond acceptors (Lipinski definition) is 2. The molecule has 0 bridgehead atoms. The number of nitrogens with one attached hydrogen (secondary N) is 1. The normalized spacial score (nSPS) is 11.1. The molecule has 0 aliphatic rings. The van der Waals surface area contributed by atoms with Crippen LogP contribution in [0.15, 0.2) is 35.9 Å². The Balaban J connectivity index is 2.52. The molecule has 1 amide bonds. The van der Waals surface area contributed by atoms with Crippen LogP contribution in [0.3, 0.4) is 0 Å². The van der Waals surface area contributed by atoms with E-state index in [0.717, 1.165) is 22.6 Å². The average Bonchev–Trinajstić information content (AvgIpc) is 2.79. The van der Waals surface area contributed by atoms with E-state index in [4.69, 9.17) is 5.26 Å². The van der Waals surface area contributed by atoms with Crippen molar-refractivity contribution >= 4 is 12.0 Å². The summed E-state index contributed by atoms with van der Waals surface area (Å²) in [5, 5.41) is 11.5. The van der Waals surface area contributed by atoms with E-state index in [-0.39, 0.29) is 11.4 Å². The molecule has 4 nitrogen and oxygen atoms in total. The van der Waals surface area contributed by atoms with Crippen molar-refractivity contribution in [1.82, 2.24) is 9.88 Å². The molecule has 112 valence electrons. The molecule has 2 rings (SSSR count). The van der Waals surface area contributed by atoms with Gasteiger partial charge in [-0.2, -0.15) is 5.26 Å². The maximum Gasteiger partial charge on any atom is 0.261 e. The van der Waals surface area contributed by atoms with Gasteiger partial charge in [0.1, 0.15) is 17.5 Å². The molecule has 0 aliphatic heterocycles. The summed E-state index contributed by atoms with van der Waals surface area (Å²) in [6, 6.07) is 9.95. The van der Waals surface area contributed by atoms with E-state index in [9.17, 15) is 9.18 Å². The van der Waals surface area contributed by atoms with Gasteiger partial charge in [-0.1, -0.05) is 0 Å². The lowest BCUT2D eigenvalue weighted by Crippen LogP contribution is -2.19. The fourth-order valence-electron chi connectivity index (χ4n) is 2.36. The van der Waals surface area contributed by atoms with Crippen molar-refractivity contribution < 1.29 is 9.18 Å². The van der Waals surface area contributed by atoms with Gasteiger partial charge in [0.2, 0.25) is 0 Å². The van der Waals surface area contributed by atoms with Gasteiger partial charge in [0.25, 0.3) is 5.91 Å². The molecule has 0 saturated heterocycles. The Bertz CT molecular complexity index is 779. The van der Waals surface area contributed by atoms with E-state index < -0.39 is 5.91 Å². The first-order chi connectivity index (χ1) is 10.5. The minimum absolute atomic E-state index is 0.0434. The molecule has 0 saturated carbocycles. The van der Waals surface area contributed by atoms with Crippen molar-refractivity contribution in [3.8, 4) is 11.8 Å². The van der Waals surface area contributed by atoms with Crippen LogP contribution in [0.1, 0.15) is 17.0 Å². The van der Waals surface area contributed by atoms with Crippen LogP contribution in [0.2, 0.25) is 0 Å². The summed E-state index contributed by atoms with van der Waals surface area (Å²) in [6.45, 7) is 3.81. The van der Waals surface area contributed by atoms with Gasteiger partial charge >= 0.3 is 0 Å². The number of benzene rings is 1. The van der Waals surface area contributed by atoms with Crippen LogP contribution < -0.4 is 5.32 Å². The Kier molecular flexibility index (Phi) is 4.42. The van der Waals surface area contributed by atoms with Crippen molar-refractivity contribution in [3.63, 3.8) is 0 Å². The number of likely N-dealkylation sites (N-methyl/N-ethyl adjacent to an activating group) is 1. The van der Waals surface area contributed by atoms with E-state index >= 15 is 0 Å². The molecule has 22 heavy (non-hydrogen) atoms. The first-order valence-electron chi connectivity index (χ1n) is 6.76. The van der Waals surface area contributed by atoms with Gasteiger partial charge in [-0.3, -0.25) is 4.79 Å². The molecule has 1 aromatic heterocycles. The van der Waals surface area contributed by atoms with E-state index in [1.165, 1.54) is 19.2 Å². The Hall–Kier alpha value is -2.87. The van der Waals surface area contributed by atoms with Crippen LogP contribution in [0.25, 0.3) is 11.8 Å². The Morgan fingerprint density at radius 2 is 1.95 bits per heavy atom. The Morgan fingerprint density at radius 1 is 1.32 bits per heavy atom. The molecule has 5 heteroatoms. The van der Waals surface area contributed by atoms with Crippen LogP contribution in [-0.4, -0.2) is 17.5 Å². The lowest BCUT2D eigenvalue weighted by molar-refractivity contribution is -0.116. The van der Waals surface area contributed by atoms with E-state index in [1.54, 1.807) is 18.2 Å². The van der Waals surface area contributed by atoms with E-state index in [1.807, 2.05) is 30.6 Å². The van der Waals surface area contributed by atoms with Crippen molar-refractivity contribution in [2.24, 2.45) is 0 Å². The lowest BCUT2D eigenvalue weighted by atomic mass is 10.1. The second kappa shape index (κ2) is 6.27. The van der Waals surface area contributed by atoms with Crippen molar-refractivity contribution in [2.45, 2.75) is 13.8 Å². The van der Waals surface area contributed by atoms with Crippen molar-refractivity contribution in [1.29, 1.82) is 5.26 Å². The number of rotatable bonds is 3. The third kappa shape index (κ3) is 2.91. The van der Waals surface area contributed by atoms with Gasteiger partial charge < -0.3 is 9.88 Å². The topological polar surface area (TPSA) is 57.8 Å². The van der Waals surface area contributed by atoms with Gasteiger partial charge in [-0.05, 0) is 55.8 Å². The van der Waals surface area contributed by atoms with Gasteiger partial charge in [0.15, 0.2) is 0 Å². The predicted octanol–water partition coefficient (Wildman–Crippen LogP) is 2.89. The summed E-state index contributed by atoms with van der Waals surface area (Å²) in [4.78, 5) is 11.6. The first kappa shape index (κ1) is 15.5. The highest BCUT2D eigenvalue weighted by molar-refractivity contribution is 6.01. The fraction of sp³-hybridized carbons (Fsp3) is 0.176. The number of carbonyl (C=O) groups excluding carboxylic acids is 1. The van der Waals surface area contributed by atoms with Crippen LogP contribution >= 0.6 is 0 Å². The number of halogens is 1. The maximum absolute atomic E-state index is 13.1. The SMILES string of the molecule is CNC(=O)/C(C#N)=C/c1cc(C)n(-c2ccc(F)cc2)c1C. The second-order valence-electron chi connectivity index (χ2n) is 4.89. The zero-order valence-corrected chi connectivity index (χ0v) is 12.6. The highest BCUT2D eigenvalue weighted by Gasteiger charge is 2.12. The number of aryl methyl sites for hydroxylation is 1. The first-order valence-corrected chi connectivity index (χ1v) is 6.76. The molecule has 0 radical (unpaired) electrons. The smallest absolute Gasteiger partial charge is 0.261 e. The molecular formula is C17H16FN3O. The molecule has 1 N–H and O–H groups in total. The standard InChI is InChI=1S/C17H16FN3O/c1-11-8-13(9-14(10-19)17(22)20-3)12(2)21(11)16-6-4-15(18)5-7-16/h4-9H,1-3H3,(H,20,22)/b14-9+. The van der Waals surface area contributed by atoms with Crippen LogP contribution in [0, 0.1) is 31.0 Å². The van der Waals surface area contributed by atoms with E-state index in [2.05, 4.69) is 5.32 Å². The molecular weight excluding hydrogens is 281 g/mol. The second-order valence-corrected chi connectivity index (χ2v) is 4.89. The van der Waals surface area contributed by atoms with E-state index in [0.29, 0.717) is 0 Å². The maximum atomic E-state index is 13.1. The average molecular weight is 297 g/mol. The molecule has 1 heterocycles. The van der Waals surface area contributed by atoms with Gasteiger partial charge in [-0.25, -0.2) is 4.39 Å². The van der Waals surface area contributed by atoms with Crippen molar-refractivity contribution in [3.05, 3.63) is 58.7 Å². The number of nitriles is 1. The van der Waals surface area contributed by atoms with Gasteiger partial charge in [0, 0.05) is 24.1 Å². The van der Waals surface area contributed by atoms with Gasteiger partial charge in [0.05, 0.1) is 0 Å². The summed E-state index contributed by atoms with van der Waals surface area (Å²) in [5.41, 5.74) is 3.46. The minimum Gasteiger partial charge on any atom is -0.354 e. The molecule has 0 atom stereocenters. The molecule has 1 aromatic carbocycles. The van der Waals surface area contributed by atoms with Crippen LogP contribution in [0.4, 0.5) is 4.39 Å². The molecule has 2 aromatic rings. The fourth-order valence-corrected chi connectivity index (χ4v) is 2.36. The molecule has 0 spiro atoms. The number of hydrogen-bond donors (Lipinski definition) is 1. The number of aromatic nitrogens is 1. The summed E-state index contributed by atoms with van der Waals surface area (Å²) in [6.07, 6.45) is 1.56. The number of nitrogens with zero attached hydrogens (tertiary/aromatic N) is 2. The lowest BCUT2D eigenvalue weighted by Gasteiger charge is -2.09. The predicted molar refractivity (Wildman–Crippen MR) is 82.9 cm³/mol. The quantitative estimate of drug-likeness (QED) is 0.699. The van der Waals surface area contributed by atoms with Crippen molar-refractivity contribution in [2.75, 3.05) is 7.05 Å². The number of carbonyl (C=O) groups is 1. The zero-order valence-electron chi connectivity index (χ0n) is 12.6. The summed E-state index contributed by atoms with van der Waals surface area (Å²) in [5.74, 6) is -0.716. The molecule has 0 unspecified atom stereocenters. The van der Waals surface area contributed by atoms with Gasteiger partial charge in [-0.15, -0.1) is 0 Å². The summed E-state index contributed by atoms with van der Waals surface area (Å²) < 4.78 is 15.0. The highest BCUT2D eigenvalue weighted by atomic mass is 19.1. The highest BCUT2D eigenvalue weighted by Crippen LogP contribution is 2.23. The van der Waals surface area contributed by atoms with Crippen LogP contribution in [0.5, 0.6) is 0 Å². The summed E-state index contributed by atoms with van der Waals surface area (Å²) in [7, 11) is 1.48. The summed E-state index contributed by atoms with van der Waals surface area (Å²) >= 11 is 0. The Labute approximate surface area is 128 Å². The monoisotopic (exact) mass is 297 g/mol. The zero-order chi connectivity index (χ0) is 16.3. The Morgan fingerprint density at radius 3 is 2.50 bits per heavy atom. The molecule has 0 fully saturated rings. The van der Waals surface area contributed by atoms with Crippen LogP contribution in [-0.2, 0) is 4.79 Å². The minimum atomic E-state index is -0.422. The third-order valence-corrected chi connectivity index (χ3v) is 3.45. The molecule has 0 aliphatic carbocycles. The largest absolute Gasteiger partial charge is 0.354 e.